The Kier molecular flexibility index (Phi) is 4.82. The van der Waals surface area contributed by atoms with E-state index in [1.807, 2.05) is 6.92 Å². The van der Waals surface area contributed by atoms with Gasteiger partial charge in [-0.2, -0.15) is 0 Å². The molecule has 116 valence electrons. The van der Waals surface area contributed by atoms with Crippen LogP contribution in [0.1, 0.15) is 22.8 Å². The predicted octanol–water partition coefficient (Wildman–Crippen LogP) is 0.863. The van der Waals surface area contributed by atoms with E-state index in [4.69, 9.17) is 5.11 Å². The van der Waals surface area contributed by atoms with E-state index in [0.717, 1.165) is 12.1 Å². The minimum Gasteiger partial charge on any atom is -0.478 e. The molecule has 0 bridgehead atoms. The summed E-state index contributed by atoms with van der Waals surface area (Å²) < 4.78 is 15.3. The number of benzene rings is 1. The molecule has 0 saturated carbocycles. The van der Waals surface area contributed by atoms with Gasteiger partial charge in [0.1, 0.15) is 18.5 Å². The van der Waals surface area contributed by atoms with Crippen molar-refractivity contribution in [1.29, 1.82) is 0 Å². The Hall–Kier alpha value is -2.77. The molecule has 1 aromatic heterocycles. The van der Waals surface area contributed by atoms with Gasteiger partial charge in [-0.15, -0.1) is 10.2 Å². The van der Waals surface area contributed by atoms with Crippen molar-refractivity contribution in [2.24, 2.45) is 0 Å². The Bertz CT molecular complexity index is 673. The van der Waals surface area contributed by atoms with Crippen molar-refractivity contribution in [3.05, 3.63) is 47.8 Å². The number of carboxylic acids is 1. The molecule has 0 aliphatic carbocycles. The number of amides is 1. The molecule has 1 heterocycles. The number of nitrogens with zero attached hydrogens (tertiary/aromatic N) is 3. The fourth-order valence-electron chi connectivity index (χ4n) is 2.03. The summed E-state index contributed by atoms with van der Waals surface area (Å²) in [5, 5.41) is 18.8. The van der Waals surface area contributed by atoms with Crippen molar-refractivity contribution in [3.63, 3.8) is 0 Å². The number of carboxylic acid groups (broad SMARTS) is 1. The van der Waals surface area contributed by atoms with Crippen LogP contribution in [0.4, 0.5) is 4.39 Å². The topological polar surface area (TPSA) is 97.1 Å². The van der Waals surface area contributed by atoms with E-state index in [9.17, 15) is 14.0 Å². The quantitative estimate of drug-likeness (QED) is 0.825. The van der Waals surface area contributed by atoms with E-state index in [0.29, 0.717) is 12.1 Å². The largest absolute Gasteiger partial charge is 0.478 e. The maximum absolute atomic E-state index is 13.5. The maximum Gasteiger partial charge on any atom is 0.338 e. The fourth-order valence-corrected chi connectivity index (χ4v) is 2.03. The van der Waals surface area contributed by atoms with Crippen molar-refractivity contribution in [2.75, 3.05) is 0 Å². The van der Waals surface area contributed by atoms with Crippen LogP contribution in [0.25, 0.3) is 0 Å². The van der Waals surface area contributed by atoms with E-state index >= 15 is 0 Å². The first kappa shape index (κ1) is 15.6. The minimum absolute atomic E-state index is 0.0245. The lowest BCUT2D eigenvalue weighted by Crippen LogP contribution is -2.36. The number of halogens is 1. The Morgan fingerprint density at radius 2 is 2.05 bits per heavy atom. The van der Waals surface area contributed by atoms with E-state index in [2.05, 4.69) is 15.5 Å². The second-order valence-corrected chi connectivity index (χ2v) is 4.92. The van der Waals surface area contributed by atoms with E-state index in [1.165, 1.54) is 6.07 Å². The lowest BCUT2D eigenvalue weighted by atomic mass is 10.1. The van der Waals surface area contributed by atoms with Crippen molar-refractivity contribution in [2.45, 2.75) is 25.9 Å². The summed E-state index contributed by atoms with van der Waals surface area (Å²) in [6.45, 7) is 2.34. The smallest absolute Gasteiger partial charge is 0.338 e. The van der Waals surface area contributed by atoms with E-state index in [1.54, 1.807) is 17.2 Å². The molecule has 1 unspecified atom stereocenters. The number of carbonyl (C=O) groups is 2. The average molecular weight is 306 g/mol. The van der Waals surface area contributed by atoms with Crippen LogP contribution in [0.3, 0.4) is 0 Å². The van der Waals surface area contributed by atoms with Crippen LogP contribution < -0.4 is 5.32 Å². The highest BCUT2D eigenvalue weighted by Crippen LogP contribution is 2.11. The van der Waals surface area contributed by atoms with Gasteiger partial charge in [0.2, 0.25) is 5.91 Å². The van der Waals surface area contributed by atoms with Gasteiger partial charge in [-0.05, 0) is 24.6 Å². The van der Waals surface area contributed by atoms with E-state index in [-0.39, 0.29) is 18.4 Å². The third kappa shape index (κ3) is 4.11. The molecular weight excluding hydrogens is 291 g/mol. The Labute approximate surface area is 125 Å². The van der Waals surface area contributed by atoms with Gasteiger partial charge >= 0.3 is 5.97 Å². The highest BCUT2D eigenvalue weighted by atomic mass is 19.1. The molecule has 7 nitrogen and oxygen atoms in total. The summed E-state index contributed by atoms with van der Waals surface area (Å²) in [4.78, 5) is 22.6. The second kappa shape index (κ2) is 6.79. The van der Waals surface area contributed by atoms with Crippen LogP contribution in [0.5, 0.6) is 0 Å². The lowest BCUT2D eigenvalue weighted by Gasteiger charge is -2.14. The fraction of sp³-hybridized carbons (Fsp3) is 0.286. The van der Waals surface area contributed by atoms with Gasteiger partial charge in [-0.3, -0.25) is 4.79 Å². The molecule has 0 fully saturated rings. The molecule has 8 heteroatoms. The first-order chi connectivity index (χ1) is 10.5. The molecular formula is C14H15FN4O3. The van der Waals surface area contributed by atoms with Crippen LogP contribution >= 0.6 is 0 Å². The number of hydrogen-bond acceptors (Lipinski definition) is 4. The zero-order valence-electron chi connectivity index (χ0n) is 11.9. The van der Waals surface area contributed by atoms with Gasteiger partial charge < -0.3 is 15.0 Å². The third-order valence-corrected chi connectivity index (χ3v) is 2.99. The van der Waals surface area contributed by atoms with Crippen molar-refractivity contribution in [1.82, 2.24) is 20.1 Å². The van der Waals surface area contributed by atoms with Crippen molar-refractivity contribution in [3.8, 4) is 0 Å². The summed E-state index contributed by atoms with van der Waals surface area (Å²) in [6.07, 6.45) is 3.06. The molecule has 2 rings (SSSR count). The Morgan fingerprint density at radius 1 is 1.36 bits per heavy atom. The molecule has 0 saturated heterocycles. The molecule has 1 atom stereocenters. The zero-order valence-corrected chi connectivity index (χ0v) is 11.9. The van der Waals surface area contributed by atoms with Crippen molar-refractivity contribution < 1.29 is 19.1 Å². The molecule has 2 aromatic rings. The Morgan fingerprint density at radius 3 is 2.64 bits per heavy atom. The van der Waals surface area contributed by atoms with E-state index < -0.39 is 17.3 Å². The molecule has 2 N–H and O–H groups in total. The van der Waals surface area contributed by atoms with Gasteiger partial charge in [-0.1, -0.05) is 6.07 Å². The molecule has 0 radical (unpaired) electrons. The second-order valence-electron chi connectivity index (χ2n) is 4.92. The van der Waals surface area contributed by atoms with Gasteiger partial charge in [0.05, 0.1) is 12.0 Å². The Balaban J connectivity index is 1.91. The summed E-state index contributed by atoms with van der Waals surface area (Å²) >= 11 is 0. The number of aromatic nitrogens is 3. The number of rotatable bonds is 6. The summed E-state index contributed by atoms with van der Waals surface area (Å²) in [5.41, 5.74) is 0.00151. The van der Waals surface area contributed by atoms with Gasteiger partial charge in [0.15, 0.2) is 0 Å². The number of carbonyl (C=O) groups excluding carboxylic acids is 1. The standard InChI is InChI=1S/C14H15FN4O3/c1-9(6-19-7-16-17-8-19)18-13(20)5-10-2-3-11(14(21)22)12(15)4-10/h2-4,7-9H,5-6H2,1H3,(H,18,20)(H,21,22). The highest BCUT2D eigenvalue weighted by Gasteiger charge is 2.13. The van der Waals surface area contributed by atoms with Crippen LogP contribution in [-0.2, 0) is 17.8 Å². The minimum atomic E-state index is -1.34. The first-order valence-electron chi connectivity index (χ1n) is 6.59. The van der Waals surface area contributed by atoms with Crippen LogP contribution in [0.15, 0.2) is 30.9 Å². The molecule has 0 aliphatic rings. The zero-order chi connectivity index (χ0) is 16.1. The van der Waals surface area contributed by atoms with Crippen LogP contribution in [-0.4, -0.2) is 37.8 Å². The third-order valence-electron chi connectivity index (χ3n) is 2.99. The maximum atomic E-state index is 13.5. The van der Waals surface area contributed by atoms with Crippen molar-refractivity contribution >= 4 is 11.9 Å². The highest BCUT2D eigenvalue weighted by molar-refractivity contribution is 5.88. The lowest BCUT2D eigenvalue weighted by molar-refractivity contribution is -0.121. The van der Waals surface area contributed by atoms with Gasteiger partial charge in [0.25, 0.3) is 0 Å². The monoisotopic (exact) mass is 306 g/mol. The molecule has 22 heavy (non-hydrogen) atoms. The van der Waals surface area contributed by atoms with Gasteiger partial charge in [0, 0.05) is 12.6 Å². The number of hydrogen-bond donors (Lipinski definition) is 2. The van der Waals surface area contributed by atoms with Crippen LogP contribution in [0.2, 0.25) is 0 Å². The number of aromatic carboxylic acids is 1. The SMILES string of the molecule is CC(Cn1cnnc1)NC(=O)Cc1ccc(C(=O)O)c(F)c1. The molecule has 0 spiro atoms. The summed E-state index contributed by atoms with van der Waals surface area (Å²) in [5.74, 6) is -2.46. The van der Waals surface area contributed by atoms with Gasteiger partial charge in [-0.25, -0.2) is 9.18 Å². The number of nitrogens with one attached hydrogen (secondary N) is 1. The first-order valence-corrected chi connectivity index (χ1v) is 6.59. The summed E-state index contributed by atoms with van der Waals surface area (Å²) in [6, 6.07) is 3.50. The van der Waals surface area contributed by atoms with Crippen LogP contribution in [0, 0.1) is 5.82 Å². The molecule has 1 amide bonds. The molecule has 1 aromatic carbocycles. The predicted molar refractivity (Wildman–Crippen MR) is 74.7 cm³/mol. The average Bonchev–Trinajstić information content (AvgIpc) is 2.90. The normalized spacial score (nSPS) is 11.9. The molecule has 0 aliphatic heterocycles. The summed E-state index contributed by atoms with van der Waals surface area (Å²) in [7, 11) is 0.